The van der Waals surface area contributed by atoms with Gasteiger partial charge in [-0.25, -0.2) is 0 Å². The van der Waals surface area contributed by atoms with Crippen molar-refractivity contribution in [2.45, 2.75) is 39.9 Å². The van der Waals surface area contributed by atoms with Crippen LogP contribution < -0.4 is 0 Å². The van der Waals surface area contributed by atoms with E-state index >= 15 is 0 Å². The average molecular weight is 196 g/mol. The molecule has 0 N–H and O–H groups in total. The molecule has 1 atom stereocenters. The summed E-state index contributed by atoms with van der Waals surface area (Å²) in [5.74, 6) is 0.686. The van der Waals surface area contributed by atoms with Crippen molar-refractivity contribution in [3.8, 4) is 0 Å². The smallest absolute Gasteiger partial charge is 0.158 e. The monoisotopic (exact) mass is 196 g/mol. The van der Waals surface area contributed by atoms with Gasteiger partial charge in [0.05, 0.1) is 13.2 Å². The number of allylic oxidation sites excluding steroid dienone is 2. The molecule has 1 fully saturated rings. The highest BCUT2D eigenvalue weighted by Gasteiger charge is 2.37. The molecule has 1 aliphatic heterocycles. The van der Waals surface area contributed by atoms with Gasteiger partial charge in [-0.1, -0.05) is 25.5 Å². The Labute approximate surface area is 86.3 Å². The van der Waals surface area contributed by atoms with E-state index in [1.165, 1.54) is 12.0 Å². The lowest BCUT2D eigenvalue weighted by molar-refractivity contribution is -0.0637. The van der Waals surface area contributed by atoms with Crippen LogP contribution in [0, 0.1) is 11.3 Å². The van der Waals surface area contributed by atoms with Gasteiger partial charge >= 0.3 is 0 Å². The molecule has 0 radical (unpaired) electrons. The van der Waals surface area contributed by atoms with Crippen LogP contribution in [0.15, 0.2) is 11.6 Å². The van der Waals surface area contributed by atoms with Gasteiger partial charge in [0.25, 0.3) is 0 Å². The van der Waals surface area contributed by atoms with Crippen LogP contribution in [-0.4, -0.2) is 19.5 Å². The van der Waals surface area contributed by atoms with E-state index in [0.717, 1.165) is 19.6 Å². The molecule has 2 rings (SSSR count). The number of hydrogen-bond acceptors (Lipinski definition) is 2. The third-order valence-corrected chi connectivity index (χ3v) is 3.91. The lowest BCUT2D eigenvalue weighted by Gasteiger charge is -2.30. The molecule has 80 valence electrons. The van der Waals surface area contributed by atoms with Crippen molar-refractivity contribution < 1.29 is 9.47 Å². The highest BCUT2D eigenvalue weighted by Crippen LogP contribution is 2.45. The predicted molar refractivity (Wildman–Crippen MR) is 56.0 cm³/mol. The van der Waals surface area contributed by atoms with Gasteiger partial charge in [-0.3, -0.25) is 0 Å². The second-order valence-electron chi connectivity index (χ2n) is 4.95. The van der Waals surface area contributed by atoms with Crippen molar-refractivity contribution in [2.24, 2.45) is 11.3 Å². The molecule has 0 aromatic heterocycles. The quantitative estimate of drug-likeness (QED) is 0.632. The van der Waals surface area contributed by atoms with Crippen LogP contribution in [0.4, 0.5) is 0 Å². The fraction of sp³-hybridized carbons (Fsp3) is 0.833. The molecule has 1 aliphatic carbocycles. The summed E-state index contributed by atoms with van der Waals surface area (Å²) in [5.41, 5.74) is 1.84. The van der Waals surface area contributed by atoms with E-state index in [1.807, 2.05) is 0 Å². The van der Waals surface area contributed by atoms with Gasteiger partial charge in [-0.15, -0.1) is 0 Å². The molecular weight excluding hydrogens is 176 g/mol. The van der Waals surface area contributed by atoms with E-state index in [2.05, 4.69) is 26.8 Å². The minimum absolute atomic E-state index is 0.0542. The Hall–Kier alpha value is -0.340. The summed E-state index contributed by atoms with van der Waals surface area (Å²) in [5, 5.41) is 0. The van der Waals surface area contributed by atoms with Crippen molar-refractivity contribution in [1.82, 2.24) is 0 Å². The van der Waals surface area contributed by atoms with E-state index in [4.69, 9.17) is 9.47 Å². The summed E-state index contributed by atoms with van der Waals surface area (Å²) in [4.78, 5) is 0. The summed E-state index contributed by atoms with van der Waals surface area (Å²) < 4.78 is 11.0. The first-order valence-electron chi connectivity index (χ1n) is 5.51. The molecule has 2 nitrogen and oxygen atoms in total. The van der Waals surface area contributed by atoms with Gasteiger partial charge in [0.15, 0.2) is 6.29 Å². The van der Waals surface area contributed by atoms with Crippen LogP contribution in [0.5, 0.6) is 0 Å². The summed E-state index contributed by atoms with van der Waals surface area (Å²) in [6, 6.07) is 0. The number of ether oxygens (including phenoxy) is 2. The Morgan fingerprint density at radius 3 is 2.50 bits per heavy atom. The average Bonchev–Trinajstić information content (AvgIpc) is 2.70. The van der Waals surface area contributed by atoms with Crippen LogP contribution in [0.2, 0.25) is 0 Å². The third-order valence-electron chi connectivity index (χ3n) is 3.91. The summed E-state index contributed by atoms with van der Waals surface area (Å²) >= 11 is 0. The highest BCUT2D eigenvalue weighted by atomic mass is 16.7. The third kappa shape index (κ3) is 1.73. The molecule has 2 heteroatoms. The first kappa shape index (κ1) is 10.2. The second-order valence-corrected chi connectivity index (χ2v) is 4.95. The van der Waals surface area contributed by atoms with Gasteiger partial charge in [-0.05, 0) is 24.7 Å². The van der Waals surface area contributed by atoms with E-state index in [1.54, 1.807) is 0 Å². The Balaban J connectivity index is 1.93. The molecular formula is C12H20O2. The van der Waals surface area contributed by atoms with Crippen molar-refractivity contribution in [1.29, 1.82) is 0 Å². The van der Waals surface area contributed by atoms with Crippen molar-refractivity contribution in [3.05, 3.63) is 11.6 Å². The van der Waals surface area contributed by atoms with Gasteiger partial charge in [0.2, 0.25) is 0 Å². The lowest BCUT2D eigenvalue weighted by atomic mass is 9.76. The fourth-order valence-electron chi connectivity index (χ4n) is 2.37. The molecule has 2 aliphatic rings. The van der Waals surface area contributed by atoms with Crippen molar-refractivity contribution >= 4 is 0 Å². The molecule has 0 aromatic carbocycles. The van der Waals surface area contributed by atoms with Gasteiger partial charge in [-0.2, -0.15) is 0 Å². The first-order chi connectivity index (χ1) is 6.60. The normalized spacial score (nSPS) is 32.2. The second kappa shape index (κ2) is 3.67. The Kier molecular flexibility index (Phi) is 2.67. The summed E-state index contributed by atoms with van der Waals surface area (Å²) in [6.07, 6.45) is 4.64. The lowest BCUT2D eigenvalue weighted by Crippen LogP contribution is -2.25. The minimum Gasteiger partial charge on any atom is -0.350 e. The Morgan fingerprint density at radius 2 is 2.00 bits per heavy atom. The number of rotatable bonds is 2. The standard InChI is InChI=1S/C12H20O2/c1-9-4-5-10(12(9,2)3)8-11-13-6-7-14-11/h4,10-11H,5-8H2,1-3H3/t10-/m1/s1. The zero-order valence-corrected chi connectivity index (χ0v) is 9.38. The van der Waals surface area contributed by atoms with E-state index in [-0.39, 0.29) is 6.29 Å². The Bertz CT molecular complexity index is 237. The maximum Gasteiger partial charge on any atom is 0.158 e. The first-order valence-corrected chi connectivity index (χ1v) is 5.51. The SMILES string of the molecule is CC1=CC[C@H](CC2OCCO2)C1(C)C. The number of hydrogen-bond donors (Lipinski definition) is 0. The van der Waals surface area contributed by atoms with Crippen LogP contribution >= 0.6 is 0 Å². The van der Waals surface area contributed by atoms with Crippen LogP contribution in [-0.2, 0) is 9.47 Å². The fourth-order valence-corrected chi connectivity index (χ4v) is 2.37. The van der Waals surface area contributed by atoms with Crippen LogP contribution in [0.1, 0.15) is 33.6 Å². The predicted octanol–water partition coefficient (Wildman–Crippen LogP) is 2.74. The largest absolute Gasteiger partial charge is 0.350 e. The summed E-state index contributed by atoms with van der Waals surface area (Å²) in [7, 11) is 0. The molecule has 0 saturated carbocycles. The molecule has 0 spiro atoms. The zero-order valence-electron chi connectivity index (χ0n) is 9.38. The van der Waals surface area contributed by atoms with Crippen molar-refractivity contribution in [3.63, 3.8) is 0 Å². The molecule has 0 amide bonds. The van der Waals surface area contributed by atoms with Gasteiger partial charge < -0.3 is 9.47 Å². The maximum absolute atomic E-state index is 5.50. The molecule has 14 heavy (non-hydrogen) atoms. The zero-order chi connectivity index (χ0) is 10.2. The molecule has 0 unspecified atom stereocenters. The molecule has 1 saturated heterocycles. The molecule has 0 aromatic rings. The minimum atomic E-state index is 0.0542. The van der Waals surface area contributed by atoms with Gasteiger partial charge in [0.1, 0.15) is 0 Å². The van der Waals surface area contributed by atoms with Crippen molar-refractivity contribution in [2.75, 3.05) is 13.2 Å². The summed E-state index contributed by atoms with van der Waals surface area (Å²) in [6.45, 7) is 8.42. The molecule has 0 bridgehead atoms. The van der Waals surface area contributed by atoms with Crippen LogP contribution in [0.3, 0.4) is 0 Å². The topological polar surface area (TPSA) is 18.5 Å². The molecule has 1 heterocycles. The van der Waals surface area contributed by atoms with E-state index < -0.39 is 0 Å². The van der Waals surface area contributed by atoms with Gasteiger partial charge in [0, 0.05) is 6.42 Å². The maximum atomic E-state index is 5.50. The van der Waals surface area contributed by atoms with Crippen LogP contribution in [0.25, 0.3) is 0 Å². The Morgan fingerprint density at radius 1 is 1.36 bits per heavy atom. The van der Waals surface area contributed by atoms with E-state index in [9.17, 15) is 0 Å². The van der Waals surface area contributed by atoms with E-state index in [0.29, 0.717) is 11.3 Å². The highest BCUT2D eigenvalue weighted by molar-refractivity contribution is 5.18.